The van der Waals surface area contributed by atoms with E-state index >= 15 is 0 Å². The third-order valence-electron chi connectivity index (χ3n) is 3.60. The van der Waals surface area contributed by atoms with Crippen LogP contribution in [0.2, 0.25) is 0 Å². The van der Waals surface area contributed by atoms with Gasteiger partial charge in [-0.05, 0) is 24.6 Å². The summed E-state index contributed by atoms with van der Waals surface area (Å²) in [5.41, 5.74) is 2.32. The Balaban J connectivity index is 2.17. The van der Waals surface area contributed by atoms with Crippen molar-refractivity contribution in [2.45, 2.75) is 19.6 Å². The Labute approximate surface area is 122 Å². The highest BCUT2D eigenvalue weighted by Crippen LogP contribution is 2.33. The normalized spacial score (nSPS) is 12.5. The van der Waals surface area contributed by atoms with Crippen LogP contribution in [0, 0.1) is 0 Å². The molecule has 1 N–H and O–H groups in total. The molecule has 0 fully saturated rings. The molecule has 0 radical (unpaired) electrons. The lowest BCUT2D eigenvalue weighted by Gasteiger charge is -2.16. The largest absolute Gasteiger partial charge is 0.493 e. The first-order valence-corrected chi connectivity index (χ1v) is 6.87. The lowest BCUT2D eigenvalue weighted by Crippen LogP contribution is -2.10. The number of nitrogens with zero attached hydrogens (tertiary/aromatic N) is 3. The van der Waals surface area contributed by atoms with Crippen LogP contribution in [-0.4, -0.2) is 27.0 Å². The van der Waals surface area contributed by atoms with Crippen molar-refractivity contribution < 1.29 is 9.84 Å². The van der Waals surface area contributed by atoms with Crippen molar-refractivity contribution in [3.05, 3.63) is 54.0 Å². The minimum Gasteiger partial charge on any atom is -0.493 e. The van der Waals surface area contributed by atoms with Crippen LogP contribution in [0.3, 0.4) is 0 Å². The van der Waals surface area contributed by atoms with Crippen molar-refractivity contribution in [3.8, 4) is 5.75 Å². The molecule has 0 aliphatic carbocycles. The fraction of sp³-hybridized carbons (Fsp3) is 0.250. The highest BCUT2D eigenvalue weighted by atomic mass is 16.5. The lowest BCUT2D eigenvalue weighted by atomic mass is 10.0. The minimum absolute atomic E-state index is 0.588. The number of benzene rings is 1. The van der Waals surface area contributed by atoms with E-state index in [1.165, 1.54) is 0 Å². The van der Waals surface area contributed by atoms with Gasteiger partial charge in [0.15, 0.2) is 5.75 Å². The zero-order valence-corrected chi connectivity index (χ0v) is 12.0. The van der Waals surface area contributed by atoms with Crippen molar-refractivity contribution in [2.24, 2.45) is 0 Å². The molecule has 5 nitrogen and oxygen atoms in total. The van der Waals surface area contributed by atoms with E-state index in [1.54, 1.807) is 24.2 Å². The summed E-state index contributed by atoms with van der Waals surface area (Å²) in [6, 6.07) is 9.56. The maximum Gasteiger partial charge on any atom is 0.163 e. The molecule has 2 heterocycles. The van der Waals surface area contributed by atoms with Crippen molar-refractivity contribution >= 4 is 10.9 Å². The highest BCUT2D eigenvalue weighted by Gasteiger charge is 2.22. The van der Waals surface area contributed by atoms with Crippen molar-refractivity contribution in [1.82, 2.24) is 14.8 Å². The molecule has 0 bridgehead atoms. The molecule has 21 heavy (non-hydrogen) atoms. The topological polar surface area (TPSA) is 60.2 Å². The van der Waals surface area contributed by atoms with Gasteiger partial charge in [0.1, 0.15) is 11.8 Å². The summed E-state index contributed by atoms with van der Waals surface area (Å²) in [6.45, 7) is 2.64. The van der Waals surface area contributed by atoms with E-state index in [0.29, 0.717) is 18.0 Å². The van der Waals surface area contributed by atoms with Crippen molar-refractivity contribution in [2.75, 3.05) is 7.11 Å². The summed E-state index contributed by atoms with van der Waals surface area (Å²) in [5.74, 6) is 0.588. The molecule has 1 aromatic carbocycles. The molecule has 3 aromatic rings. The van der Waals surface area contributed by atoms with Crippen LogP contribution < -0.4 is 4.74 Å². The summed E-state index contributed by atoms with van der Waals surface area (Å²) >= 11 is 0. The maximum atomic E-state index is 10.8. The quantitative estimate of drug-likeness (QED) is 0.799. The van der Waals surface area contributed by atoms with Crippen LogP contribution in [0.4, 0.5) is 0 Å². The molecule has 0 spiro atoms. The molecule has 0 saturated heterocycles. The molecule has 2 aromatic heterocycles. The lowest BCUT2D eigenvalue weighted by molar-refractivity contribution is 0.204. The zero-order chi connectivity index (χ0) is 14.8. The molecule has 108 valence electrons. The van der Waals surface area contributed by atoms with Gasteiger partial charge in [-0.25, -0.2) is 0 Å². The number of aliphatic hydroxyl groups excluding tert-OH is 1. The SMILES string of the molecule is CCn1ncc(OC)c1C(O)c1cccc2ncccc12. The van der Waals surface area contributed by atoms with Gasteiger partial charge in [-0.1, -0.05) is 18.2 Å². The van der Waals surface area contributed by atoms with E-state index < -0.39 is 6.10 Å². The number of methoxy groups -OCH3 is 1. The number of hydrogen-bond donors (Lipinski definition) is 1. The average molecular weight is 283 g/mol. The molecule has 0 saturated carbocycles. The first kappa shape index (κ1) is 13.6. The highest BCUT2D eigenvalue weighted by molar-refractivity contribution is 5.82. The van der Waals surface area contributed by atoms with Crippen molar-refractivity contribution in [1.29, 1.82) is 0 Å². The van der Waals surface area contributed by atoms with E-state index in [4.69, 9.17) is 4.74 Å². The van der Waals surface area contributed by atoms with Gasteiger partial charge in [-0.3, -0.25) is 9.67 Å². The van der Waals surface area contributed by atoms with Crippen LogP contribution in [-0.2, 0) is 6.54 Å². The number of rotatable bonds is 4. The smallest absolute Gasteiger partial charge is 0.163 e. The molecular weight excluding hydrogens is 266 g/mol. The molecule has 0 aliphatic heterocycles. The molecule has 1 atom stereocenters. The number of pyridine rings is 1. The van der Waals surface area contributed by atoms with E-state index in [1.807, 2.05) is 37.3 Å². The standard InChI is InChI=1S/C16H17N3O2/c1-3-19-15(14(21-2)10-18-19)16(20)12-6-4-8-13-11(12)7-5-9-17-13/h4-10,16,20H,3H2,1-2H3. The molecule has 0 aliphatic rings. The van der Waals surface area contributed by atoms with Crippen LogP contribution in [0.25, 0.3) is 10.9 Å². The Kier molecular flexibility index (Phi) is 3.58. The van der Waals surface area contributed by atoms with Gasteiger partial charge >= 0.3 is 0 Å². The fourth-order valence-corrected chi connectivity index (χ4v) is 2.58. The Bertz CT molecular complexity index is 740. The Morgan fingerprint density at radius 1 is 1.29 bits per heavy atom. The number of aryl methyl sites for hydroxylation is 1. The average Bonchev–Trinajstić information content (AvgIpc) is 2.96. The fourth-order valence-electron chi connectivity index (χ4n) is 2.58. The van der Waals surface area contributed by atoms with Gasteiger partial charge in [-0.15, -0.1) is 0 Å². The predicted octanol–water partition coefficient (Wildman–Crippen LogP) is 2.54. The van der Waals surface area contributed by atoms with Gasteiger partial charge in [0.05, 0.1) is 18.8 Å². The first-order chi connectivity index (χ1) is 10.3. The number of aliphatic hydroxyl groups is 1. The Morgan fingerprint density at radius 2 is 2.14 bits per heavy atom. The molecular formula is C16H17N3O2. The second-order valence-corrected chi connectivity index (χ2v) is 4.73. The third-order valence-corrected chi connectivity index (χ3v) is 3.60. The monoisotopic (exact) mass is 283 g/mol. The van der Waals surface area contributed by atoms with Gasteiger partial charge in [0, 0.05) is 18.1 Å². The minimum atomic E-state index is -0.810. The summed E-state index contributed by atoms with van der Waals surface area (Å²) in [4.78, 5) is 4.33. The summed E-state index contributed by atoms with van der Waals surface area (Å²) in [6.07, 6.45) is 2.57. The van der Waals surface area contributed by atoms with Crippen LogP contribution in [0.5, 0.6) is 5.75 Å². The van der Waals surface area contributed by atoms with Crippen LogP contribution in [0.15, 0.2) is 42.7 Å². The molecule has 0 amide bonds. The van der Waals surface area contributed by atoms with Gasteiger partial charge in [0.2, 0.25) is 0 Å². The molecule has 3 rings (SSSR count). The van der Waals surface area contributed by atoms with E-state index in [-0.39, 0.29) is 0 Å². The first-order valence-electron chi connectivity index (χ1n) is 6.87. The van der Waals surface area contributed by atoms with Gasteiger partial charge in [-0.2, -0.15) is 5.10 Å². The zero-order valence-electron chi connectivity index (χ0n) is 12.0. The van der Waals surface area contributed by atoms with Crippen molar-refractivity contribution in [3.63, 3.8) is 0 Å². The maximum absolute atomic E-state index is 10.8. The van der Waals surface area contributed by atoms with Crippen LogP contribution in [0.1, 0.15) is 24.3 Å². The second-order valence-electron chi connectivity index (χ2n) is 4.73. The van der Waals surface area contributed by atoms with E-state index in [2.05, 4.69) is 10.1 Å². The number of aromatic nitrogens is 3. The Hall–Kier alpha value is -2.40. The van der Waals surface area contributed by atoms with Gasteiger partial charge in [0.25, 0.3) is 0 Å². The summed E-state index contributed by atoms with van der Waals surface area (Å²) in [7, 11) is 1.58. The molecule has 5 heteroatoms. The summed E-state index contributed by atoms with van der Waals surface area (Å²) in [5, 5.41) is 16.0. The third kappa shape index (κ3) is 2.25. The summed E-state index contributed by atoms with van der Waals surface area (Å²) < 4.78 is 7.07. The van der Waals surface area contributed by atoms with E-state index in [9.17, 15) is 5.11 Å². The van der Waals surface area contributed by atoms with Gasteiger partial charge < -0.3 is 9.84 Å². The molecule has 1 unspecified atom stereocenters. The number of hydrogen-bond acceptors (Lipinski definition) is 4. The second kappa shape index (κ2) is 5.54. The number of fused-ring (bicyclic) bond motifs is 1. The van der Waals surface area contributed by atoms with Crippen LogP contribution >= 0.6 is 0 Å². The Morgan fingerprint density at radius 3 is 2.90 bits per heavy atom. The predicted molar refractivity (Wildman–Crippen MR) is 80.3 cm³/mol. The number of ether oxygens (including phenoxy) is 1. The van der Waals surface area contributed by atoms with E-state index in [0.717, 1.165) is 16.5 Å².